The highest BCUT2D eigenvalue weighted by atomic mass is 31.2. The first kappa shape index (κ1) is 33.0. The molecule has 5 atom stereocenters. The van der Waals surface area contributed by atoms with Crippen molar-refractivity contribution in [1.29, 1.82) is 0 Å². The molecule has 0 bridgehead atoms. The zero-order chi connectivity index (χ0) is 24.6. The summed E-state index contributed by atoms with van der Waals surface area (Å²) in [5, 5.41) is 27.7. The number of methoxy groups -OCH3 is 1. The molecule has 190 valence electrons. The highest BCUT2D eigenvalue weighted by Gasteiger charge is 2.49. The summed E-state index contributed by atoms with van der Waals surface area (Å²) in [4.78, 5) is 22.0. The summed E-state index contributed by atoms with van der Waals surface area (Å²) in [5.41, 5.74) is 0. The molecule has 12 heteroatoms. The van der Waals surface area contributed by atoms with Crippen molar-refractivity contribution in [2.75, 3.05) is 53.0 Å². The first-order valence-corrected chi connectivity index (χ1v) is 12.4. The minimum Gasteiger partial charge on any atom is -0.394 e. The molecule has 1 heterocycles. The minimum absolute atomic E-state index is 0.680. The van der Waals surface area contributed by atoms with E-state index in [9.17, 15) is 14.8 Å². The normalized spacial score (nSPS) is 24.5. The number of rotatable bonds is 11. The SMILES string of the molecule is CCN(CC)CC.CCN(CC)CC.CO[C@H]1[C@@H](OP(=O)(O)O)O[C@@H]([C@H](O)CO)[C@@H]1O. The van der Waals surface area contributed by atoms with Crippen molar-refractivity contribution < 1.29 is 43.7 Å². The second kappa shape index (κ2) is 18.3. The molecule has 1 saturated heterocycles. The number of phosphoric ester groups is 1. The van der Waals surface area contributed by atoms with E-state index in [0.29, 0.717) is 0 Å². The number of ether oxygens (including phenoxy) is 2. The smallest absolute Gasteiger partial charge is 0.394 e. The van der Waals surface area contributed by atoms with Gasteiger partial charge in [0.15, 0.2) is 6.29 Å². The number of aliphatic hydroxyl groups excluding tert-OH is 3. The van der Waals surface area contributed by atoms with Gasteiger partial charge in [-0.15, -0.1) is 0 Å². The molecule has 5 N–H and O–H groups in total. The predicted octanol–water partition coefficient (Wildman–Crippen LogP) is 0.246. The summed E-state index contributed by atoms with van der Waals surface area (Å²) >= 11 is 0. The average molecular weight is 477 g/mol. The lowest BCUT2D eigenvalue weighted by atomic mass is 10.1. The maximum Gasteiger partial charge on any atom is 0.472 e. The maximum absolute atomic E-state index is 10.6. The van der Waals surface area contributed by atoms with Gasteiger partial charge in [-0.1, -0.05) is 41.5 Å². The molecule has 0 aromatic rings. The van der Waals surface area contributed by atoms with Crippen molar-refractivity contribution in [3.8, 4) is 0 Å². The summed E-state index contributed by atoms with van der Waals surface area (Å²) in [6.45, 7) is 19.6. The molecule has 0 aromatic carbocycles. The van der Waals surface area contributed by atoms with Gasteiger partial charge < -0.3 is 44.4 Å². The van der Waals surface area contributed by atoms with Crippen LogP contribution in [0.1, 0.15) is 41.5 Å². The lowest BCUT2D eigenvalue weighted by Crippen LogP contribution is -2.41. The van der Waals surface area contributed by atoms with Gasteiger partial charge in [-0.2, -0.15) is 0 Å². The molecule has 0 radical (unpaired) electrons. The summed E-state index contributed by atoms with van der Waals surface area (Å²) in [5.74, 6) is 0. The van der Waals surface area contributed by atoms with Crippen LogP contribution in [0.15, 0.2) is 0 Å². The zero-order valence-electron chi connectivity index (χ0n) is 20.0. The van der Waals surface area contributed by atoms with E-state index in [1.807, 2.05) is 0 Å². The van der Waals surface area contributed by atoms with E-state index in [4.69, 9.17) is 24.4 Å². The fourth-order valence-electron chi connectivity index (χ4n) is 2.90. The Kier molecular flexibility index (Phi) is 19.5. The molecule has 1 aliphatic heterocycles. The van der Waals surface area contributed by atoms with Gasteiger partial charge in [-0.05, 0) is 39.3 Å². The fraction of sp³-hybridized carbons (Fsp3) is 1.00. The van der Waals surface area contributed by atoms with Crippen molar-refractivity contribution >= 4 is 7.82 Å². The Hall–Kier alpha value is -0.170. The van der Waals surface area contributed by atoms with Gasteiger partial charge >= 0.3 is 7.82 Å². The Labute approximate surface area is 187 Å². The van der Waals surface area contributed by atoms with E-state index in [2.05, 4.69) is 55.9 Å². The van der Waals surface area contributed by atoms with Crippen molar-refractivity contribution in [2.24, 2.45) is 0 Å². The first-order valence-electron chi connectivity index (χ1n) is 10.8. The topological polar surface area (TPSA) is 152 Å². The molecule has 0 spiro atoms. The predicted molar refractivity (Wildman–Crippen MR) is 119 cm³/mol. The lowest BCUT2D eigenvalue weighted by molar-refractivity contribution is -0.148. The van der Waals surface area contributed by atoms with Gasteiger partial charge in [-0.3, -0.25) is 4.52 Å². The monoisotopic (exact) mass is 476 g/mol. The maximum atomic E-state index is 10.6. The summed E-state index contributed by atoms with van der Waals surface area (Å²) in [7, 11) is -3.64. The van der Waals surface area contributed by atoms with Gasteiger partial charge in [0.1, 0.15) is 24.4 Å². The third kappa shape index (κ3) is 13.9. The van der Waals surface area contributed by atoms with E-state index in [-0.39, 0.29) is 0 Å². The number of aliphatic hydroxyl groups is 3. The van der Waals surface area contributed by atoms with Gasteiger partial charge in [0, 0.05) is 7.11 Å². The van der Waals surface area contributed by atoms with Crippen LogP contribution in [-0.2, 0) is 18.6 Å². The molecular formula is C19H45N2O9P. The number of nitrogens with zero attached hydrogens (tertiary/aromatic N) is 2. The summed E-state index contributed by atoms with van der Waals surface area (Å²) < 4.78 is 24.6. The minimum atomic E-state index is -4.82. The van der Waals surface area contributed by atoms with E-state index >= 15 is 0 Å². The van der Waals surface area contributed by atoms with Crippen molar-refractivity contribution in [1.82, 2.24) is 9.80 Å². The zero-order valence-corrected chi connectivity index (χ0v) is 20.9. The van der Waals surface area contributed by atoms with Gasteiger partial charge in [0.2, 0.25) is 0 Å². The highest BCUT2D eigenvalue weighted by molar-refractivity contribution is 7.46. The van der Waals surface area contributed by atoms with Crippen LogP contribution in [0.5, 0.6) is 0 Å². The standard InChI is InChI=1S/C7H15O9P.2C6H15N/c1-14-6-4(10)5(3(9)2-8)15-7(6)16-17(11,12)13;2*1-4-7(5-2)6-3/h3-10H,2H2,1H3,(H2,11,12,13);2*4-6H2,1-3H3/t3-,4+,5+,6-,7-;;/m1../s1. The molecule has 0 saturated carbocycles. The Morgan fingerprint density at radius 2 is 1.32 bits per heavy atom. The Morgan fingerprint density at radius 1 is 0.935 bits per heavy atom. The molecule has 0 aliphatic carbocycles. The first-order chi connectivity index (χ1) is 14.5. The van der Waals surface area contributed by atoms with Crippen LogP contribution in [0.3, 0.4) is 0 Å². The molecule has 11 nitrogen and oxygen atoms in total. The van der Waals surface area contributed by atoms with Crippen LogP contribution in [0.4, 0.5) is 0 Å². The average Bonchev–Trinajstić information content (AvgIpc) is 3.04. The molecule has 1 aliphatic rings. The number of phosphoric acid groups is 1. The fourth-order valence-corrected chi connectivity index (χ4v) is 3.34. The second-order valence-electron chi connectivity index (χ2n) is 6.74. The van der Waals surface area contributed by atoms with Gasteiger partial charge in [-0.25, -0.2) is 4.57 Å². The van der Waals surface area contributed by atoms with Crippen molar-refractivity contribution in [3.05, 3.63) is 0 Å². The van der Waals surface area contributed by atoms with Crippen LogP contribution in [0.2, 0.25) is 0 Å². The summed E-state index contributed by atoms with van der Waals surface area (Å²) in [6.07, 6.45) is -6.73. The van der Waals surface area contributed by atoms with Gasteiger partial charge in [0.05, 0.1) is 6.61 Å². The quantitative estimate of drug-likeness (QED) is 0.261. The van der Waals surface area contributed by atoms with Crippen LogP contribution in [-0.4, -0.2) is 119 Å². The lowest BCUT2D eigenvalue weighted by Gasteiger charge is -2.19. The Bertz CT molecular complexity index is 439. The van der Waals surface area contributed by atoms with Crippen LogP contribution >= 0.6 is 7.82 Å². The third-order valence-corrected chi connectivity index (χ3v) is 5.48. The van der Waals surface area contributed by atoms with Crippen molar-refractivity contribution in [3.63, 3.8) is 0 Å². The molecule has 0 aromatic heterocycles. The third-order valence-electron chi connectivity index (χ3n) is 5.00. The molecule has 31 heavy (non-hydrogen) atoms. The number of hydrogen-bond acceptors (Lipinski definition) is 9. The summed E-state index contributed by atoms with van der Waals surface area (Å²) in [6, 6.07) is 0. The largest absolute Gasteiger partial charge is 0.472 e. The van der Waals surface area contributed by atoms with E-state index in [0.717, 1.165) is 0 Å². The molecule has 0 unspecified atom stereocenters. The van der Waals surface area contributed by atoms with E-state index < -0.39 is 45.1 Å². The van der Waals surface area contributed by atoms with Crippen LogP contribution < -0.4 is 0 Å². The molecule has 1 fully saturated rings. The second-order valence-corrected chi connectivity index (χ2v) is 7.94. The Morgan fingerprint density at radius 3 is 1.55 bits per heavy atom. The molecule has 0 amide bonds. The van der Waals surface area contributed by atoms with Crippen molar-refractivity contribution in [2.45, 2.75) is 72.2 Å². The van der Waals surface area contributed by atoms with E-state index in [1.54, 1.807) is 0 Å². The van der Waals surface area contributed by atoms with Crippen LogP contribution in [0.25, 0.3) is 0 Å². The highest BCUT2D eigenvalue weighted by Crippen LogP contribution is 2.42. The van der Waals surface area contributed by atoms with E-state index in [1.165, 1.54) is 46.4 Å². The molecular weight excluding hydrogens is 431 g/mol. The van der Waals surface area contributed by atoms with Crippen LogP contribution in [0, 0.1) is 0 Å². The van der Waals surface area contributed by atoms with Gasteiger partial charge in [0.25, 0.3) is 0 Å². The Balaban J connectivity index is 0. The molecule has 1 rings (SSSR count). The number of hydrogen-bond donors (Lipinski definition) is 5.